The first kappa shape index (κ1) is 26.4. The van der Waals surface area contributed by atoms with Gasteiger partial charge >= 0.3 is 5.97 Å². The van der Waals surface area contributed by atoms with Crippen molar-refractivity contribution in [3.8, 4) is 0 Å². The number of hydrogen-bond acceptors (Lipinski definition) is 11. The molecule has 2 aliphatic heterocycles. The predicted octanol–water partition coefficient (Wildman–Crippen LogP) is 0.429. The first-order valence-electron chi connectivity index (χ1n) is 10.6. The van der Waals surface area contributed by atoms with Crippen LogP contribution in [0.2, 0.25) is 0 Å². The number of anilines is 2. The highest BCUT2D eigenvalue weighted by Crippen LogP contribution is 2.41. The minimum atomic E-state index is -3.48. The molecule has 2 aromatic rings. The average Bonchev–Trinajstić information content (AvgIpc) is 3.25. The Bertz CT molecular complexity index is 1440. The van der Waals surface area contributed by atoms with Crippen LogP contribution >= 0.6 is 23.1 Å². The average molecular weight is 567 g/mol. The van der Waals surface area contributed by atoms with E-state index in [9.17, 15) is 27.9 Å². The highest BCUT2D eigenvalue weighted by Gasteiger charge is 2.54. The molecule has 5 N–H and O–H groups in total. The third kappa shape index (κ3) is 5.70. The van der Waals surface area contributed by atoms with Gasteiger partial charge in [-0.2, -0.15) is 0 Å². The summed E-state index contributed by atoms with van der Waals surface area (Å²) in [4.78, 5) is 47.9. The largest absolute Gasteiger partial charge is 0.477 e. The molecule has 1 aromatic carbocycles. The van der Waals surface area contributed by atoms with Crippen LogP contribution in [-0.4, -0.2) is 77.4 Å². The lowest BCUT2D eigenvalue weighted by atomic mass is 9.98. The molecule has 16 heteroatoms. The fraction of sp³-hybridized carbons (Fsp3) is 0.286. The summed E-state index contributed by atoms with van der Waals surface area (Å²) in [5.74, 6) is -2.29. The van der Waals surface area contributed by atoms with Crippen molar-refractivity contribution in [1.29, 1.82) is 0 Å². The zero-order valence-electron chi connectivity index (χ0n) is 19.5. The Morgan fingerprint density at radius 1 is 1.38 bits per heavy atom. The molecule has 0 unspecified atom stereocenters. The second-order valence-electron chi connectivity index (χ2n) is 8.06. The number of carboxylic acids is 1. The molecule has 1 saturated heterocycles. The monoisotopic (exact) mass is 566 g/mol. The van der Waals surface area contributed by atoms with Gasteiger partial charge in [0.05, 0.1) is 6.26 Å². The molecule has 0 spiro atoms. The number of nitrogens with one attached hydrogen (secondary N) is 2. The molecule has 13 nitrogen and oxygen atoms in total. The SMILES string of the molecule is CO/N=C(\C(=O)N[C@@H]1C(=O)N2C(C(=O)O)=C(Cc3cccc(NS(C)(=O)=O)c3)CS[C@H]12)c1csc(N)n1. The summed E-state index contributed by atoms with van der Waals surface area (Å²) in [6.07, 6.45) is 1.22. The van der Waals surface area contributed by atoms with E-state index in [2.05, 4.69) is 20.2 Å². The number of aromatic nitrogens is 1. The maximum absolute atomic E-state index is 13.0. The number of benzene rings is 1. The number of hydrogen-bond donors (Lipinski definition) is 4. The minimum Gasteiger partial charge on any atom is -0.477 e. The van der Waals surface area contributed by atoms with Gasteiger partial charge in [-0.05, 0) is 29.7 Å². The third-order valence-corrected chi connectivity index (χ3v) is 7.97. The van der Waals surface area contributed by atoms with E-state index < -0.39 is 39.2 Å². The highest BCUT2D eigenvalue weighted by atomic mass is 32.2. The number of carbonyl (C=O) groups is 3. The van der Waals surface area contributed by atoms with Crippen LogP contribution in [0.5, 0.6) is 0 Å². The van der Waals surface area contributed by atoms with Gasteiger partial charge < -0.3 is 21.0 Å². The number of nitrogen functional groups attached to an aromatic ring is 1. The number of sulfonamides is 1. The Hall–Kier alpha value is -3.63. The van der Waals surface area contributed by atoms with E-state index in [0.29, 0.717) is 16.8 Å². The van der Waals surface area contributed by atoms with Gasteiger partial charge in [-0.25, -0.2) is 18.2 Å². The number of nitrogens with two attached hydrogens (primary N) is 1. The molecule has 0 aliphatic carbocycles. The summed E-state index contributed by atoms with van der Waals surface area (Å²) in [6, 6.07) is 5.59. The van der Waals surface area contributed by atoms with Crippen LogP contribution in [-0.2, 0) is 35.7 Å². The Morgan fingerprint density at radius 3 is 2.76 bits per heavy atom. The zero-order valence-corrected chi connectivity index (χ0v) is 21.9. The Kier molecular flexibility index (Phi) is 7.42. The van der Waals surface area contributed by atoms with E-state index >= 15 is 0 Å². The molecule has 4 rings (SSSR count). The molecule has 2 amide bonds. The van der Waals surface area contributed by atoms with Gasteiger partial charge in [-0.15, -0.1) is 23.1 Å². The van der Waals surface area contributed by atoms with E-state index in [4.69, 9.17) is 10.6 Å². The number of carbonyl (C=O) groups excluding carboxylic acids is 2. The lowest BCUT2D eigenvalue weighted by Gasteiger charge is -2.49. The van der Waals surface area contributed by atoms with Crippen LogP contribution in [0.25, 0.3) is 0 Å². The molecule has 1 fully saturated rings. The topological polar surface area (TPSA) is 193 Å². The number of oxime groups is 1. The van der Waals surface area contributed by atoms with Crippen molar-refractivity contribution in [2.24, 2.45) is 5.16 Å². The van der Waals surface area contributed by atoms with E-state index in [-0.39, 0.29) is 34.4 Å². The summed E-state index contributed by atoms with van der Waals surface area (Å²) in [5.41, 5.74) is 7.00. The maximum Gasteiger partial charge on any atom is 0.352 e. The third-order valence-electron chi connectivity index (χ3n) is 5.35. The van der Waals surface area contributed by atoms with Crippen LogP contribution in [0.3, 0.4) is 0 Å². The van der Waals surface area contributed by atoms with Crippen molar-refractivity contribution in [2.45, 2.75) is 17.8 Å². The van der Waals surface area contributed by atoms with E-state index in [1.165, 1.54) is 24.3 Å². The number of rotatable bonds is 9. The normalized spacial score (nSPS) is 19.7. The molecule has 0 bridgehead atoms. The van der Waals surface area contributed by atoms with Crippen molar-refractivity contribution in [3.05, 3.63) is 52.2 Å². The van der Waals surface area contributed by atoms with E-state index in [0.717, 1.165) is 22.5 Å². The van der Waals surface area contributed by atoms with Gasteiger partial charge in [-0.3, -0.25) is 19.2 Å². The summed E-state index contributed by atoms with van der Waals surface area (Å²) in [6.45, 7) is 0. The Labute approximate surface area is 219 Å². The predicted molar refractivity (Wildman–Crippen MR) is 138 cm³/mol. The van der Waals surface area contributed by atoms with Gasteiger partial charge in [-0.1, -0.05) is 17.3 Å². The number of β-lactam (4-membered cyclic amide) rings is 1. The number of amides is 2. The van der Waals surface area contributed by atoms with Crippen LogP contribution in [0.4, 0.5) is 10.8 Å². The molecule has 196 valence electrons. The van der Waals surface area contributed by atoms with Gasteiger partial charge in [0.25, 0.3) is 11.8 Å². The highest BCUT2D eigenvalue weighted by molar-refractivity contribution is 8.00. The molecule has 2 aliphatic rings. The first-order chi connectivity index (χ1) is 17.5. The molecular weight excluding hydrogens is 544 g/mol. The van der Waals surface area contributed by atoms with Crippen LogP contribution in [0.15, 0.2) is 46.1 Å². The lowest BCUT2D eigenvalue weighted by molar-refractivity contribution is -0.150. The van der Waals surface area contributed by atoms with E-state index in [1.807, 2.05) is 0 Å². The minimum absolute atomic E-state index is 0.154. The number of thiazole rings is 1. The van der Waals surface area contributed by atoms with Gasteiger partial charge in [0.1, 0.15) is 29.9 Å². The number of aliphatic carboxylic acids is 1. The second kappa shape index (κ2) is 10.4. The van der Waals surface area contributed by atoms with Gasteiger partial charge in [0, 0.05) is 16.8 Å². The molecule has 1 aromatic heterocycles. The fourth-order valence-electron chi connectivity index (χ4n) is 3.93. The first-order valence-corrected chi connectivity index (χ1v) is 14.4. The summed E-state index contributed by atoms with van der Waals surface area (Å²) < 4.78 is 25.5. The summed E-state index contributed by atoms with van der Waals surface area (Å²) >= 11 is 2.41. The molecule has 3 heterocycles. The Morgan fingerprint density at radius 2 is 2.14 bits per heavy atom. The standard InChI is InChI=1S/C21H22N6O7S3/c1-34-25-14(13-9-36-21(22)23-13)17(28)24-15-18(29)27-16(20(30)31)11(8-35-19(15)27)6-10-4-3-5-12(7-10)26-37(2,32)33/h3-5,7,9,15,19,26H,6,8H2,1-2H3,(H2,22,23)(H,24,28)(H,30,31)/b25-14-/t15-,19-/m1/s1. The number of nitrogens with zero attached hydrogens (tertiary/aromatic N) is 3. The van der Waals surface area contributed by atoms with Gasteiger partial charge in [0.2, 0.25) is 10.0 Å². The van der Waals surface area contributed by atoms with E-state index in [1.54, 1.807) is 24.3 Å². The smallest absolute Gasteiger partial charge is 0.352 e. The molecule has 2 atom stereocenters. The molecule has 0 saturated carbocycles. The van der Waals surface area contributed by atoms with Crippen molar-refractivity contribution in [3.63, 3.8) is 0 Å². The van der Waals surface area contributed by atoms with Crippen LogP contribution < -0.4 is 15.8 Å². The van der Waals surface area contributed by atoms with Crippen LogP contribution in [0.1, 0.15) is 11.3 Å². The zero-order chi connectivity index (χ0) is 26.9. The fourth-order valence-corrected chi connectivity index (χ4v) is 6.38. The van der Waals surface area contributed by atoms with Crippen molar-refractivity contribution in [2.75, 3.05) is 29.6 Å². The molecule has 37 heavy (non-hydrogen) atoms. The number of carboxylic acid groups (broad SMARTS) is 1. The molecule has 0 radical (unpaired) electrons. The Balaban J connectivity index is 1.53. The van der Waals surface area contributed by atoms with Gasteiger partial charge in [0.15, 0.2) is 10.8 Å². The molecular formula is C21H22N6O7S3. The second-order valence-corrected chi connectivity index (χ2v) is 11.8. The van der Waals surface area contributed by atoms with Crippen molar-refractivity contribution in [1.82, 2.24) is 15.2 Å². The summed E-state index contributed by atoms with van der Waals surface area (Å²) in [7, 11) is -2.22. The lowest BCUT2D eigenvalue weighted by Crippen LogP contribution is -2.71. The van der Waals surface area contributed by atoms with Crippen molar-refractivity contribution >= 4 is 67.4 Å². The summed E-state index contributed by atoms with van der Waals surface area (Å²) in [5, 5.41) is 17.3. The van der Waals surface area contributed by atoms with Crippen LogP contribution in [0, 0.1) is 0 Å². The quantitative estimate of drug-likeness (QED) is 0.188. The number of fused-ring (bicyclic) bond motifs is 1. The number of thioether (sulfide) groups is 1. The van der Waals surface area contributed by atoms with Crippen molar-refractivity contribution < 1.29 is 32.7 Å². The maximum atomic E-state index is 13.0.